The Labute approximate surface area is 67.6 Å². The van der Waals surface area contributed by atoms with Gasteiger partial charge in [-0.3, -0.25) is 0 Å². The van der Waals surface area contributed by atoms with Crippen molar-refractivity contribution in [2.45, 2.75) is 3.54 Å². The predicted octanol–water partition coefficient (Wildman–Crippen LogP) is 0.229. The van der Waals surface area contributed by atoms with Crippen LogP contribution < -0.4 is 0 Å². The van der Waals surface area contributed by atoms with Crippen molar-refractivity contribution < 1.29 is 18.1 Å². The van der Waals surface area contributed by atoms with Crippen LogP contribution in [0.1, 0.15) is 0 Å². The Hall–Kier alpha value is 0.430. The van der Waals surface area contributed by atoms with E-state index in [0.29, 0.717) is 0 Å². The van der Waals surface area contributed by atoms with Crippen molar-refractivity contribution in [3.63, 3.8) is 0 Å². The molecule has 0 unspecified atom stereocenters. The fraction of sp³-hybridized carbons (Fsp3) is 0.250. The van der Waals surface area contributed by atoms with Gasteiger partial charge < -0.3 is 0 Å². The summed E-state index contributed by atoms with van der Waals surface area (Å²) < 4.78 is 26.5. The Morgan fingerprint density at radius 2 is 2.40 bits per heavy atom. The van der Waals surface area contributed by atoms with Crippen LogP contribution in [0, 0.1) is 0 Å². The molecule has 1 spiro atoms. The van der Waals surface area contributed by atoms with Crippen molar-refractivity contribution in [3.8, 4) is 0 Å². The van der Waals surface area contributed by atoms with E-state index in [2.05, 4.69) is 0 Å². The number of phosphoric acid groups is 1. The second kappa shape index (κ2) is 1.46. The van der Waals surface area contributed by atoms with Crippen molar-refractivity contribution in [2.75, 3.05) is 0 Å². The molecule has 0 N–H and O–H groups in total. The molecule has 0 saturated carbocycles. The van der Waals surface area contributed by atoms with Crippen LogP contribution in [0.25, 0.3) is 0 Å². The minimum atomic E-state index is -3.05. The monoisotopic (exact) mass is 260 g/mol. The minimum absolute atomic E-state index is 0.515. The molecular weight excluding hydrogens is 258 g/mol. The maximum absolute atomic E-state index is 11.1. The summed E-state index contributed by atoms with van der Waals surface area (Å²) in [5.74, 6) is 0. The van der Waals surface area contributed by atoms with Gasteiger partial charge in [-0.2, -0.15) is 0 Å². The first kappa shape index (κ1) is 6.00. The Morgan fingerprint density at radius 1 is 1.60 bits per heavy atom. The molecule has 0 amide bonds. The number of phosphoric ester groups is 1. The fourth-order valence-electron chi connectivity index (χ4n) is 1.19. The second-order valence-corrected chi connectivity index (χ2v) is 8.51. The second-order valence-electron chi connectivity index (χ2n) is 2.32. The quantitative estimate of drug-likeness (QED) is 0.585. The molecule has 4 aliphatic rings. The molecule has 0 aliphatic carbocycles. The first-order chi connectivity index (χ1) is 4.70. The molecule has 1 saturated heterocycles. The molecule has 50 valence electrons. The van der Waals surface area contributed by atoms with Crippen molar-refractivity contribution in [1.29, 1.82) is 0 Å². The third-order valence-electron chi connectivity index (χ3n) is 1.55. The topological polar surface area (TPSA) is 44.8 Å². The summed E-state index contributed by atoms with van der Waals surface area (Å²) in [5, 5.41) is 0. The number of hydrogen-bond donors (Lipinski definition) is 0. The maximum atomic E-state index is 11.1. The Kier molecular flexibility index (Phi) is 0.876. The summed E-state index contributed by atoms with van der Waals surface area (Å²) in [6.45, 7) is 0. The average Bonchev–Trinajstić information content (AvgIpc) is 2.02. The van der Waals surface area contributed by atoms with Gasteiger partial charge in [0.25, 0.3) is 0 Å². The molecule has 0 radical (unpaired) electrons. The van der Waals surface area contributed by atoms with Gasteiger partial charge in [0.1, 0.15) is 0 Å². The standard InChI is InChI=1S/C4H2O4P.In/c5-9-6-3-1-2-4(7-9)8-9;/h1-2H;. The number of rotatable bonds is 0. The van der Waals surface area contributed by atoms with E-state index in [4.69, 9.17) is 13.6 Å². The van der Waals surface area contributed by atoms with E-state index in [1.54, 1.807) is 0 Å². The molecule has 4 nitrogen and oxygen atoms in total. The first-order valence-electron chi connectivity index (χ1n) is 2.83. The van der Waals surface area contributed by atoms with Crippen LogP contribution in [0.2, 0.25) is 0 Å². The Morgan fingerprint density at radius 3 is 3.10 bits per heavy atom. The van der Waals surface area contributed by atoms with E-state index in [9.17, 15) is 4.57 Å². The summed E-state index contributed by atoms with van der Waals surface area (Å²) in [7, 11) is -3.05. The van der Waals surface area contributed by atoms with Gasteiger partial charge in [0.05, 0.1) is 0 Å². The fourth-order valence-corrected chi connectivity index (χ4v) is 9.47. The van der Waals surface area contributed by atoms with Crippen LogP contribution in [0.3, 0.4) is 0 Å². The van der Waals surface area contributed by atoms with E-state index in [1.165, 1.54) is 0 Å². The molecule has 6 heteroatoms. The molecule has 4 heterocycles. The molecule has 0 aromatic heterocycles. The predicted molar refractivity (Wildman–Crippen MR) is 33.5 cm³/mol. The number of hydrogen-bond acceptors (Lipinski definition) is 4. The third-order valence-corrected chi connectivity index (χ3v) is 8.77. The average molecular weight is 260 g/mol. The van der Waals surface area contributed by atoms with E-state index >= 15 is 0 Å². The summed E-state index contributed by atoms with van der Waals surface area (Å²) in [6.07, 6.45) is 3.64. The van der Waals surface area contributed by atoms with Crippen molar-refractivity contribution in [1.82, 2.24) is 0 Å². The van der Waals surface area contributed by atoms with E-state index in [0.717, 1.165) is 3.44 Å². The molecule has 0 atom stereocenters. The molecule has 3 bridgehead atoms. The van der Waals surface area contributed by atoms with Crippen LogP contribution in [0.5, 0.6) is 0 Å². The van der Waals surface area contributed by atoms with E-state index in [-0.39, 0.29) is 0 Å². The van der Waals surface area contributed by atoms with Crippen LogP contribution in [0.4, 0.5) is 0 Å². The van der Waals surface area contributed by atoms with Gasteiger partial charge in [0.2, 0.25) is 0 Å². The van der Waals surface area contributed by atoms with E-state index in [1.807, 2.05) is 12.2 Å². The third kappa shape index (κ3) is 0.576. The molecule has 4 rings (SSSR count). The molecule has 10 heavy (non-hydrogen) atoms. The van der Waals surface area contributed by atoms with Crippen molar-refractivity contribution in [2.24, 2.45) is 0 Å². The van der Waals surface area contributed by atoms with Gasteiger partial charge in [-0.15, -0.1) is 0 Å². The molecule has 1 fully saturated rings. The molecule has 0 aromatic carbocycles. The van der Waals surface area contributed by atoms with Crippen LogP contribution in [0.15, 0.2) is 12.2 Å². The Bertz CT molecular complexity index is 309. The van der Waals surface area contributed by atoms with Gasteiger partial charge in [0.15, 0.2) is 0 Å². The summed E-state index contributed by atoms with van der Waals surface area (Å²) >= 11 is -1.07. The van der Waals surface area contributed by atoms with E-state index < -0.39 is 33.8 Å². The van der Waals surface area contributed by atoms with Crippen LogP contribution in [-0.4, -0.2) is 29.4 Å². The van der Waals surface area contributed by atoms with Gasteiger partial charge in [0, 0.05) is 0 Å². The summed E-state index contributed by atoms with van der Waals surface area (Å²) in [6, 6.07) is 0. The zero-order valence-corrected chi connectivity index (χ0v) is 9.00. The van der Waals surface area contributed by atoms with Gasteiger partial charge >= 0.3 is 67.5 Å². The van der Waals surface area contributed by atoms with Gasteiger partial charge in [-0.05, 0) is 0 Å². The normalized spacial score (nSPS) is 52.6. The first-order valence-corrected chi connectivity index (χ1v) is 7.59. The van der Waals surface area contributed by atoms with Crippen LogP contribution >= 0.6 is 7.82 Å². The van der Waals surface area contributed by atoms with Crippen molar-refractivity contribution >= 4 is 33.7 Å². The molecule has 4 aliphatic heterocycles. The Balaban J connectivity index is 2.25. The zero-order valence-electron chi connectivity index (χ0n) is 4.81. The zero-order chi connectivity index (χ0) is 6.82. The van der Waals surface area contributed by atoms with Crippen molar-refractivity contribution in [3.05, 3.63) is 12.2 Å². The molecular formula is C4H2InO4P. The van der Waals surface area contributed by atoms with Gasteiger partial charge in [-0.25, -0.2) is 0 Å². The summed E-state index contributed by atoms with van der Waals surface area (Å²) in [4.78, 5) is 0. The van der Waals surface area contributed by atoms with Gasteiger partial charge in [-0.1, -0.05) is 0 Å². The van der Waals surface area contributed by atoms with Crippen LogP contribution in [-0.2, 0) is 18.1 Å². The molecule has 0 aromatic rings. The summed E-state index contributed by atoms with van der Waals surface area (Å²) in [5.41, 5.74) is 0. The SMILES string of the molecule is O=P12O[C]3=[In][C](C=C3)(O1)O2.